The number of carbonyl (C=O) groups excluding carboxylic acids is 1. The first-order valence-electron chi connectivity index (χ1n) is 5.87. The van der Waals surface area contributed by atoms with Crippen LogP contribution in [0.3, 0.4) is 0 Å². The van der Waals surface area contributed by atoms with Crippen LogP contribution in [0.25, 0.3) is 0 Å². The molecule has 0 saturated carbocycles. The van der Waals surface area contributed by atoms with E-state index in [0.29, 0.717) is 13.1 Å². The second-order valence-corrected chi connectivity index (χ2v) is 4.39. The standard InChI is InChI=1S/C12H12N4O3/c13-11-10(12(19)16-5-1-4-15(11)16)14-8-3-2-7(17)6-9(8)18/h2-3,6,13,17-18H,1,4-5H2. The van der Waals surface area contributed by atoms with E-state index in [1.807, 2.05) is 0 Å². The molecule has 7 heteroatoms. The van der Waals surface area contributed by atoms with Crippen molar-refractivity contribution in [2.24, 2.45) is 4.99 Å². The van der Waals surface area contributed by atoms with Gasteiger partial charge in [0.2, 0.25) is 0 Å². The summed E-state index contributed by atoms with van der Waals surface area (Å²) in [6.07, 6.45) is 0.839. The highest BCUT2D eigenvalue weighted by Gasteiger charge is 2.42. The molecule has 1 aromatic rings. The lowest BCUT2D eigenvalue weighted by Crippen LogP contribution is -2.33. The molecule has 19 heavy (non-hydrogen) atoms. The van der Waals surface area contributed by atoms with Crippen molar-refractivity contribution in [2.45, 2.75) is 6.42 Å². The molecule has 0 bridgehead atoms. The number of rotatable bonds is 1. The molecule has 7 nitrogen and oxygen atoms in total. The van der Waals surface area contributed by atoms with Crippen molar-refractivity contribution in [3.05, 3.63) is 18.2 Å². The minimum Gasteiger partial charge on any atom is -0.508 e. The highest BCUT2D eigenvalue weighted by atomic mass is 16.3. The fraction of sp³-hybridized carbons (Fsp3) is 0.250. The molecule has 0 aromatic heterocycles. The van der Waals surface area contributed by atoms with Crippen LogP contribution in [0.5, 0.6) is 11.5 Å². The molecular weight excluding hydrogens is 248 g/mol. The number of hydrazine groups is 1. The fourth-order valence-electron chi connectivity index (χ4n) is 2.23. The highest BCUT2D eigenvalue weighted by Crippen LogP contribution is 2.31. The van der Waals surface area contributed by atoms with Crippen LogP contribution in [-0.4, -0.2) is 50.8 Å². The van der Waals surface area contributed by atoms with Gasteiger partial charge in [-0.25, -0.2) is 10.0 Å². The first-order chi connectivity index (χ1) is 9.08. The molecule has 1 aromatic carbocycles. The summed E-state index contributed by atoms with van der Waals surface area (Å²) in [4.78, 5) is 16.1. The summed E-state index contributed by atoms with van der Waals surface area (Å²) < 4.78 is 0. The maximum Gasteiger partial charge on any atom is 0.294 e. The SMILES string of the molecule is N=C1C(=Nc2ccc(O)cc2O)C(=O)N2CCCN12. The number of fused-ring (bicyclic) bond motifs is 1. The summed E-state index contributed by atoms with van der Waals surface area (Å²) in [5.41, 5.74) is 0.175. The van der Waals surface area contributed by atoms with Crippen LogP contribution in [0, 0.1) is 5.41 Å². The number of aliphatic imine (C=N–C) groups is 1. The van der Waals surface area contributed by atoms with E-state index in [1.165, 1.54) is 17.1 Å². The lowest BCUT2D eigenvalue weighted by Gasteiger charge is -2.17. The third-order valence-corrected chi connectivity index (χ3v) is 3.14. The summed E-state index contributed by atoms with van der Waals surface area (Å²) in [6, 6.07) is 3.91. The van der Waals surface area contributed by atoms with Crippen molar-refractivity contribution >= 4 is 23.1 Å². The van der Waals surface area contributed by atoms with Crippen molar-refractivity contribution in [1.82, 2.24) is 10.0 Å². The number of hydrogen-bond acceptors (Lipinski definition) is 5. The Kier molecular flexibility index (Phi) is 2.41. The molecule has 0 atom stereocenters. The summed E-state index contributed by atoms with van der Waals surface area (Å²) in [5, 5.41) is 29.8. The maximum atomic E-state index is 12.1. The second-order valence-electron chi connectivity index (χ2n) is 4.39. The third-order valence-electron chi connectivity index (χ3n) is 3.14. The molecule has 3 N–H and O–H groups in total. The summed E-state index contributed by atoms with van der Waals surface area (Å²) in [5.74, 6) is -0.584. The van der Waals surface area contributed by atoms with E-state index in [9.17, 15) is 15.0 Å². The molecule has 0 radical (unpaired) electrons. The number of hydrogen-bond donors (Lipinski definition) is 3. The molecule has 2 aliphatic heterocycles. The second kappa shape index (κ2) is 3.98. The van der Waals surface area contributed by atoms with Gasteiger partial charge in [0.25, 0.3) is 5.91 Å². The van der Waals surface area contributed by atoms with Crippen molar-refractivity contribution in [3.8, 4) is 11.5 Å². The third kappa shape index (κ3) is 1.70. The Morgan fingerprint density at radius 2 is 1.95 bits per heavy atom. The Morgan fingerprint density at radius 1 is 1.21 bits per heavy atom. The van der Waals surface area contributed by atoms with E-state index in [-0.39, 0.29) is 34.6 Å². The molecule has 98 valence electrons. The van der Waals surface area contributed by atoms with Crippen molar-refractivity contribution in [1.29, 1.82) is 5.41 Å². The lowest BCUT2D eigenvalue weighted by molar-refractivity contribution is -0.129. The van der Waals surface area contributed by atoms with Gasteiger partial charge < -0.3 is 10.2 Å². The number of aromatic hydroxyl groups is 2. The van der Waals surface area contributed by atoms with E-state index in [1.54, 1.807) is 5.01 Å². The van der Waals surface area contributed by atoms with Crippen LogP contribution in [0.4, 0.5) is 5.69 Å². The van der Waals surface area contributed by atoms with E-state index >= 15 is 0 Å². The molecule has 2 fully saturated rings. The Morgan fingerprint density at radius 3 is 2.63 bits per heavy atom. The summed E-state index contributed by atoms with van der Waals surface area (Å²) in [6.45, 7) is 1.22. The number of phenolic OH excluding ortho intramolecular Hbond substituents is 2. The van der Waals surface area contributed by atoms with Crippen LogP contribution in [0.2, 0.25) is 0 Å². The molecular formula is C12H12N4O3. The number of nitrogens with one attached hydrogen (secondary N) is 1. The van der Waals surface area contributed by atoms with Gasteiger partial charge in [0, 0.05) is 19.2 Å². The molecule has 0 spiro atoms. The number of nitrogens with zero attached hydrogens (tertiary/aromatic N) is 3. The van der Waals surface area contributed by atoms with Gasteiger partial charge in [-0.3, -0.25) is 15.2 Å². The molecule has 3 rings (SSSR count). The van der Waals surface area contributed by atoms with E-state index in [0.717, 1.165) is 12.5 Å². The Bertz CT molecular complexity index is 587. The normalized spacial score (nSPS) is 20.5. The van der Waals surface area contributed by atoms with Crippen molar-refractivity contribution in [3.63, 3.8) is 0 Å². The minimum absolute atomic E-state index is 0.0145. The van der Waals surface area contributed by atoms with Crippen LogP contribution in [0.1, 0.15) is 6.42 Å². The summed E-state index contributed by atoms with van der Waals surface area (Å²) >= 11 is 0. The largest absolute Gasteiger partial charge is 0.508 e. The van der Waals surface area contributed by atoms with Gasteiger partial charge in [0.1, 0.15) is 17.2 Å². The minimum atomic E-state index is -0.324. The number of benzene rings is 1. The number of amides is 1. The van der Waals surface area contributed by atoms with Crippen LogP contribution in [-0.2, 0) is 4.79 Å². The van der Waals surface area contributed by atoms with E-state index in [2.05, 4.69) is 4.99 Å². The predicted molar refractivity (Wildman–Crippen MR) is 67.6 cm³/mol. The highest BCUT2D eigenvalue weighted by molar-refractivity contribution is 6.68. The molecule has 2 heterocycles. The van der Waals surface area contributed by atoms with Gasteiger partial charge in [-0.15, -0.1) is 0 Å². The van der Waals surface area contributed by atoms with E-state index in [4.69, 9.17) is 5.41 Å². The van der Waals surface area contributed by atoms with Gasteiger partial charge in [-0.05, 0) is 18.6 Å². The first-order valence-corrected chi connectivity index (χ1v) is 5.87. The zero-order valence-electron chi connectivity index (χ0n) is 10.00. The van der Waals surface area contributed by atoms with Crippen LogP contribution in [0.15, 0.2) is 23.2 Å². The van der Waals surface area contributed by atoms with Gasteiger partial charge in [0.15, 0.2) is 11.5 Å². The number of amidine groups is 1. The molecule has 1 amide bonds. The predicted octanol–water partition coefficient (Wildman–Crippen LogP) is 0.610. The van der Waals surface area contributed by atoms with Crippen LogP contribution < -0.4 is 0 Å². The average Bonchev–Trinajstić information content (AvgIpc) is 2.92. The lowest BCUT2D eigenvalue weighted by atomic mass is 10.2. The molecule has 0 unspecified atom stereocenters. The maximum absolute atomic E-state index is 12.1. The summed E-state index contributed by atoms with van der Waals surface area (Å²) in [7, 11) is 0. The van der Waals surface area contributed by atoms with Gasteiger partial charge in [-0.1, -0.05) is 0 Å². The van der Waals surface area contributed by atoms with Gasteiger partial charge >= 0.3 is 0 Å². The first kappa shape index (κ1) is 11.5. The van der Waals surface area contributed by atoms with E-state index < -0.39 is 0 Å². The Labute approximate surface area is 108 Å². The smallest absolute Gasteiger partial charge is 0.294 e. The Hall–Kier alpha value is -2.57. The van der Waals surface area contributed by atoms with Crippen molar-refractivity contribution < 1.29 is 15.0 Å². The van der Waals surface area contributed by atoms with Gasteiger partial charge in [0.05, 0.1) is 0 Å². The fourth-order valence-corrected chi connectivity index (χ4v) is 2.23. The molecule has 2 saturated heterocycles. The van der Waals surface area contributed by atoms with Crippen LogP contribution >= 0.6 is 0 Å². The van der Waals surface area contributed by atoms with Crippen molar-refractivity contribution in [2.75, 3.05) is 13.1 Å². The Balaban J connectivity index is 2.00. The number of phenols is 2. The zero-order chi connectivity index (χ0) is 13.6. The zero-order valence-corrected chi connectivity index (χ0v) is 10.00. The molecule has 0 aliphatic carbocycles. The average molecular weight is 260 g/mol. The quantitative estimate of drug-likeness (QED) is 0.688. The van der Waals surface area contributed by atoms with Gasteiger partial charge in [-0.2, -0.15) is 0 Å². The number of carbonyl (C=O) groups is 1. The molecule has 2 aliphatic rings. The monoisotopic (exact) mass is 260 g/mol. The topological polar surface area (TPSA) is 100 Å².